The Bertz CT molecular complexity index is 900. The molecule has 6 nitrogen and oxygen atoms in total. The van der Waals surface area contributed by atoms with Gasteiger partial charge in [-0.3, -0.25) is 9.59 Å². The first-order chi connectivity index (χ1) is 13.3. The Labute approximate surface area is 169 Å². The van der Waals surface area contributed by atoms with Gasteiger partial charge in [-0.05, 0) is 38.0 Å². The molecule has 0 saturated carbocycles. The van der Waals surface area contributed by atoms with Crippen LogP contribution in [0.5, 0.6) is 0 Å². The van der Waals surface area contributed by atoms with E-state index in [1.165, 1.54) is 0 Å². The van der Waals surface area contributed by atoms with E-state index in [-0.39, 0.29) is 31.0 Å². The quantitative estimate of drug-likeness (QED) is 0.494. The molecule has 2 aromatic rings. The van der Waals surface area contributed by atoms with E-state index in [1.54, 1.807) is 49.7 Å². The molecule has 0 radical (unpaired) electrons. The van der Waals surface area contributed by atoms with E-state index in [0.29, 0.717) is 34.0 Å². The molecule has 1 heterocycles. The summed E-state index contributed by atoms with van der Waals surface area (Å²) in [6.07, 6.45) is 0.292. The van der Waals surface area contributed by atoms with Crippen molar-refractivity contribution in [2.24, 2.45) is 7.05 Å². The standard InChI is InChI=1S/C21H24ClNO5/c1-5-15-18(21(26)28-7-3)16(12-17(24)27-6-2)23(4)19(15)20(25)13-9-8-10-14(22)11-13/h8-11H,5-7,12H2,1-4H3. The molecule has 0 aliphatic rings. The molecule has 0 atom stereocenters. The molecule has 1 aromatic carbocycles. The van der Waals surface area contributed by atoms with Crippen LogP contribution in [0.1, 0.15) is 58.4 Å². The lowest BCUT2D eigenvalue weighted by Gasteiger charge is -2.09. The molecule has 0 N–H and O–H groups in total. The van der Waals surface area contributed by atoms with Gasteiger partial charge in [0, 0.05) is 23.3 Å². The van der Waals surface area contributed by atoms with E-state index in [2.05, 4.69) is 0 Å². The van der Waals surface area contributed by atoms with Crippen molar-refractivity contribution < 1.29 is 23.9 Å². The van der Waals surface area contributed by atoms with E-state index in [9.17, 15) is 14.4 Å². The maximum Gasteiger partial charge on any atom is 0.340 e. The summed E-state index contributed by atoms with van der Waals surface area (Å²) in [6.45, 7) is 5.68. The third-order valence-electron chi connectivity index (χ3n) is 4.37. The third-order valence-corrected chi connectivity index (χ3v) is 4.60. The van der Waals surface area contributed by atoms with Crippen LogP contribution in [0, 0.1) is 0 Å². The summed E-state index contributed by atoms with van der Waals surface area (Å²) in [7, 11) is 1.66. The molecule has 7 heteroatoms. The summed E-state index contributed by atoms with van der Waals surface area (Å²) in [5, 5.41) is 0.440. The van der Waals surface area contributed by atoms with Crippen molar-refractivity contribution in [1.29, 1.82) is 0 Å². The Morgan fingerprint density at radius 3 is 2.32 bits per heavy atom. The molecule has 0 amide bonds. The summed E-state index contributed by atoms with van der Waals surface area (Å²) in [4.78, 5) is 38.0. The minimum absolute atomic E-state index is 0.131. The topological polar surface area (TPSA) is 74.6 Å². The average Bonchev–Trinajstić information content (AvgIpc) is 2.93. The number of hydrogen-bond donors (Lipinski definition) is 0. The van der Waals surface area contributed by atoms with E-state index >= 15 is 0 Å². The number of carbonyl (C=O) groups is 3. The largest absolute Gasteiger partial charge is 0.466 e. The van der Waals surface area contributed by atoms with Gasteiger partial charge in [0.2, 0.25) is 5.78 Å². The van der Waals surface area contributed by atoms with Crippen molar-refractivity contribution in [3.05, 3.63) is 57.4 Å². The molecule has 0 unspecified atom stereocenters. The Hall–Kier alpha value is -2.60. The van der Waals surface area contributed by atoms with Crippen LogP contribution in [0.4, 0.5) is 0 Å². The summed E-state index contributed by atoms with van der Waals surface area (Å²) < 4.78 is 11.8. The van der Waals surface area contributed by atoms with Gasteiger partial charge in [-0.2, -0.15) is 0 Å². The molecule has 150 valence electrons. The number of halogens is 1. The molecule has 2 rings (SSSR count). The predicted molar refractivity (Wildman–Crippen MR) is 106 cm³/mol. The zero-order valence-corrected chi connectivity index (χ0v) is 17.3. The maximum atomic E-state index is 13.2. The van der Waals surface area contributed by atoms with Crippen LogP contribution in [0.2, 0.25) is 5.02 Å². The molecule has 0 fully saturated rings. The van der Waals surface area contributed by atoms with Crippen molar-refractivity contribution in [1.82, 2.24) is 4.57 Å². The Morgan fingerprint density at radius 1 is 1.07 bits per heavy atom. The Kier molecular flexibility index (Phi) is 7.40. The summed E-state index contributed by atoms with van der Waals surface area (Å²) in [5.41, 5.74) is 1.95. The number of rotatable bonds is 8. The number of hydrogen-bond acceptors (Lipinski definition) is 5. The molecule has 0 saturated heterocycles. The third kappa shape index (κ3) is 4.44. The normalized spacial score (nSPS) is 10.6. The van der Waals surface area contributed by atoms with Gasteiger partial charge >= 0.3 is 11.9 Å². The number of esters is 2. The highest BCUT2D eigenvalue weighted by Gasteiger charge is 2.30. The van der Waals surface area contributed by atoms with Crippen LogP contribution in [-0.2, 0) is 34.2 Å². The van der Waals surface area contributed by atoms with Crippen LogP contribution < -0.4 is 0 Å². The molecule has 0 bridgehead atoms. The van der Waals surface area contributed by atoms with Crippen molar-refractivity contribution in [2.45, 2.75) is 33.6 Å². The SMILES string of the molecule is CCOC(=O)Cc1c(C(=O)OCC)c(CC)c(C(=O)c2cccc(Cl)c2)n1C. The zero-order valence-electron chi connectivity index (χ0n) is 16.5. The van der Waals surface area contributed by atoms with Gasteiger partial charge < -0.3 is 14.0 Å². The first-order valence-electron chi connectivity index (χ1n) is 9.18. The lowest BCUT2D eigenvalue weighted by Crippen LogP contribution is -2.16. The minimum atomic E-state index is -0.556. The Morgan fingerprint density at radius 2 is 1.75 bits per heavy atom. The highest BCUT2D eigenvalue weighted by Crippen LogP contribution is 2.28. The van der Waals surface area contributed by atoms with Crippen LogP contribution in [-0.4, -0.2) is 35.5 Å². The molecule has 0 aliphatic heterocycles. The van der Waals surface area contributed by atoms with Gasteiger partial charge in [0.05, 0.1) is 30.9 Å². The fourth-order valence-corrected chi connectivity index (χ4v) is 3.39. The monoisotopic (exact) mass is 405 g/mol. The van der Waals surface area contributed by atoms with E-state index in [0.717, 1.165) is 0 Å². The number of aromatic nitrogens is 1. The van der Waals surface area contributed by atoms with Gasteiger partial charge in [-0.1, -0.05) is 30.7 Å². The second kappa shape index (κ2) is 9.55. The highest BCUT2D eigenvalue weighted by atomic mass is 35.5. The fourth-order valence-electron chi connectivity index (χ4n) is 3.20. The molecular formula is C21H24ClNO5. The van der Waals surface area contributed by atoms with Crippen LogP contribution >= 0.6 is 11.6 Å². The summed E-state index contributed by atoms with van der Waals surface area (Å²) in [6, 6.07) is 6.61. The number of ketones is 1. The maximum absolute atomic E-state index is 13.2. The molecular weight excluding hydrogens is 382 g/mol. The second-order valence-corrected chi connectivity index (χ2v) is 6.54. The minimum Gasteiger partial charge on any atom is -0.466 e. The molecule has 0 spiro atoms. The van der Waals surface area contributed by atoms with Gasteiger partial charge in [0.25, 0.3) is 0 Å². The van der Waals surface area contributed by atoms with E-state index in [4.69, 9.17) is 21.1 Å². The average molecular weight is 406 g/mol. The van der Waals surface area contributed by atoms with E-state index < -0.39 is 11.9 Å². The molecule has 28 heavy (non-hydrogen) atoms. The molecule has 1 aromatic heterocycles. The number of ether oxygens (including phenoxy) is 2. The van der Waals surface area contributed by atoms with Crippen molar-refractivity contribution in [3.63, 3.8) is 0 Å². The first kappa shape index (κ1) is 21.7. The smallest absolute Gasteiger partial charge is 0.340 e. The van der Waals surface area contributed by atoms with Crippen molar-refractivity contribution in [3.8, 4) is 0 Å². The van der Waals surface area contributed by atoms with Gasteiger partial charge in [0.1, 0.15) is 0 Å². The zero-order chi connectivity index (χ0) is 20.8. The first-order valence-corrected chi connectivity index (χ1v) is 9.56. The van der Waals surface area contributed by atoms with Crippen molar-refractivity contribution in [2.75, 3.05) is 13.2 Å². The summed E-state index contributed by atoms with van der Waals surface area (Å²) in [5.74, 6) is -1.31. The number of carbonyl (C=O) groups excluding carboxylic acids is 3. The van der Waals surface area contributed by atoms with Gasteiger partial charge in [-0.15, -0.1) is 0 Å². The molecule has 0 aliphatic carbocycles. The van der Waals surface area contributed by atoms with E-state index in [1.807, 2.05) is 6.92 Å². The highest BCUT2D eigenvalue weighted by molar-refractivity contribution is 6.31. The number of nitrogens with zero attached hydrogens (tertiary/aromatic N) is 1. The van der Waals surface area contributed by atoms with Crippen LogP contribution in [0.3, 0.4) is 0 Å². The lowest BCUT2D eigenvalue weighted by molar-refractivity contribution is -0.142. The van der Waals surface area contributed by atoms with Crippen molar-refractivity contribution >= 4 is 29.3 Å². The second-order valence-electron chi connectivity index (χ2n) is 6.10. The van der Waals surface area contributed by atoms with Gasteiger partial charge in [0.15, 0.2) is 0 Å². The van der Waals surface area contributed by atoms with Gasteiger partial charge in [-0.25, -0.2) is 4.79 Å². The lowest BCUT2D eigenvalue weighted by atomic mass is 10.00. The summed E-state index contributed by atoms with van der Waals surface area (Å²) >= 11 is 6.03. The number of benzene rings is 1. The van der Waals surface area contributed by atoms with Crippen LogP contribution in [0.15, 0.2) is 24.3 Å². The predicted octanol–water partition coefficient (Wildman–Crippen LogP) is 3.75. The van der Waals surface area contributed by atoms with Crippen LogP contribution in [0.25, 0.3) is 0 Å². The Balaban J connectivity index is 2.66. The fraction of sp³-hybridized carbons (Fsp3) is 0.381.